The van der Waals surface area contributed by atoms with Gasteiger partial charge < -0.3 is 29.7 Å². The van der Waals surface area contributed by atoms with Gasteiger partial charge in [-0.1, -0.05) is 48.5 Å². The Hall–Kier alpha value is -3.92. The molecule has 10 heteroatoms. The van der Waals surface area contributed by atoms with Gasteiger partial charge in [0, 0.05) is 25.4 Å². The molecule has 0 spiro atoms. The molecule has 218 valence electrons. The molecule has 5 rings (SSSR count). The molecule has 1 aliphatic carbocycles. The van der Waals surface area contributed by atoms with E-state index in [1.807, 2.05) is 36.4 Å². The second-order valence-corrected chi connectivity index (χ2v) is 11.9. The number of esters is 1. The van der Waals surface area contributed by atoms with Gasteiger partial charge in [-0.3, -0.25) is 9.59 Å². The highest BCUT2D eigenvalue weighted by Gasteiger charge is 2.45. The minimum atomic E-state index is -0.909. The van der Waals surface area contributed by atoms with Crippen molar-refractivity contribution in [1.82, 2.24) is 15.1 Å². The number of nitrogens with zero attached hydrogens (tertiary/aromatic N) is 2. The summed E-state index contributed by atoms with van der Waals surface area (Å²) in [5.74, 6) is -1.49. The topological polar surface area (TPSA) is 125 Å². The maximum Gasteiger partial charge on any atom is 0.407 e. The third-order valence-electron chi connectivity index (χ3n) is 7.83. The zero-order valence-electron chi connectivity index (χ0n) is 23.7. The predicted molar refractivity (Wildman–Crippen MR) is 150 cm³/mol. The first-order valence-electron chi connectivity index (χ1n) is 14.1. The van der Waals surface area contributed by atoms with E-state index in [1.165, 1.54) is 9.80 Å². The van der Waals surface area contributed by atoms with Crippen LogP contribution in [0, 0.1) is 0 Å². The first-order valence-corrected chi connectivity index (χ1v) is 14.1. The van der Waals surface area contributed by atoms with Crippen molar-refractivity contribution in [3.8, 4) is 11.1 Å². The molecule has 2 aromatic carbocycles. The molecule has 2 aliphatic heterocycles. The van der Waals surface area contributed by atoms with Gasteiger partial charge in [-0.25, -0.2) is 9.59 Å². The van der Waals surface area contributed by atoms with E-state index >= 15 is 0 Å². The Morgan fingerprint density at radius 2 is 1.59 bits per heavy atom. The number of hydrogen-bond acceptors (Lipinski definition) is 7. The number of amides is 3. The Labute approximate surface area is 239 Å². The number of nitrogens with one attached hydrogen (secondary N) is 1. The number of carbonyl (C=O) groups excluding carboxylic acids is 4. The molecular formula is C31H37N3O7. The normalized spacial score (nSPS) is 21.8. The van der Waals surface area contributed by atoms with Crippen LogP contribution in [0.3, 0.4) is 0 Å². The Balaban J connectivity index is 1.16. The van der Waals surface area contributed by atoms with Crippen LogP contribution < -0.4 is 5.32 Å². The molecule has 0 bridgehead atoms. The second-order valence-electron chi connectivity index (χ2n) is 11.9. The summed E-state index contributed by atoms with van der Waals surface area (Å²) >= 11 is 0. The summed E-state index contributed by atoms with van der Waals surface area (Å²) < 4.78 is 11.0. The summed E-state index contributed by atoms with van der Waals surface area (Å²) in [6.45, 7) is 5.38. The monoisotopic (exact) mass is 563 g/mol. The van der Waals surface area contributed by atoms with Gasteiger partial charge in [0.05, 0.1) is 6.10 Å². The van der Waals surface area contributed by atoms with Gasteiger partial charge in [-0.15, -0.1) is 0 Å². The van der Waals surface area contributed by atoms with Crippen molar-refractivity contribution in [2.75, 3.05) is 26.2 Å². The van der Waals surface area contributed by atoms with Gasteiger partial charge in [0.25, 0.3) is 0 Å². The third-order valence-corrected chi connectivity index (χ3v) is 7.83. The van der Waals surface area contributed by atoms with E-state index in [1.54, 1.807) is 20.8 Å². The smallest absolute Gasteiger partial charge is 0.407 e. The molecule has 2 heterocycles. The number of alkyl carbamates (subject to hydrolysis) is 1. The van der Waals surface area contributed by atoms with E-state index < -0.39 is 47.7 Å². The SMILES string of the molecule is CC(C)(C)OC(=O)[C@@H]1C[C@@H](O)CN1C(=O)[C@@H]1CCCN1C(=O)CNC(=O)OCC1c2ccccc2-c2ccccc21. The van der Waals surface area contributed by atoms with Crippen LogP contribution in [0.5, 0.6) is 0 Å². The lowest BCUT2D eigenvalue weighted by molar-refractivity contribution is -0.164. The Morgan fingerprint density at radius 1 is 0.951 bits per heavy atom. The number of carbonyl (C=O) groups is 4. The van der Waals surface area contributed by atoms with Gasteiger partial charge in [-0.2, -0.15) is 0 Å². The van der Waals surface area contributed by atoms with Gasteiger partial charge in [0.2, 0.25) is 11.8 Å². The largest absolute Gasteiger partial charge is 0.458 e. The maximum absolute atomic E-state index is 13.5. The van der Waals surface area contributed by atoms with Crippen LogP contribution in [0.4, 0.5) is 4.79 Å². The summed E-state index contributed by atoms with van der Waals surface area (Å²) in [7, 11) is 0. The number of ether oxygens (including phenoxy) is 2. The van der Waals surface area contributed by atoms with Crippen LogP contribution >= 0.6 is 0 Å². The highest BCUT2D eigenvalue weighted by atomic mass is 16.6. The zero-order chi connectivity index (χ0) is 29.3. The number of hydrogen-bond donors (Lipinski definition) is 2. The van der Waals surface area contributed by atoms with Crippen LogP contribution in [0.15, 0.2) is 48.5 Å². The van der Waals surface area contributed by atoms with E-state index in [2.05, 4.69) is 17.4 Å². The first kappa shape index (κ1) is 28.6. The van der Waals surface area contributed by atoms with Gasteiger partial charge >= 0.3 is 12.1 Å². The number of likely N-dealkylation sites (tertiary alicyclic amines) is 2. The van der Waals surface area contributed by atoms with E-state index in [0.717, 1.165) is 22.3 Å². The molecule has 2 saturated heterocycles. The van der Waals surface area contributed by atoms with Crippen LogP contribution in [-0.4, -0.2) is 88.8 Å². The molecule has 0 saturated carbocycles. The molecule has 3 aliphatic rings. The third kappa shape index (κ3) is 6.07. The molecular weight excluding hydrogens is 526 g/mol. The minimum Gasteiger partial charge on any atom is -0.458 e. The lowest BCUT2D eigenvalue weighted by Crippen LogP contribution is -2.53. The number of fused-ring (bicyclic) bond motifs is 3. The number of β-amino-alcohol motifs (C(OH)–C–C–N with tert-alkyl or cyclic N) is 1. The van der Waals surface area contributed by atoms with Crippen LogP contribution in [0.2, 0.25) is 0 Å². The minimum absolute atomic E-state index is 0.000721. The van der Waals surface area contributed by atoms with Crippen molar-refractivity contribution >= 4 is 23.9 Å². The highest BCUT2D eigenvalue weighted by Crippen LogP contribution is 2.44. The van der Waals surface area contributed by atoms with Crippen molar-refractivity contribution in [3.05, 3.63) is 59.7 Å². The standard InChI is InChI=1S/C31H37N3O7/c1-31(2,3)41-29(38)26-15-19(35)17-34(26)28(37)25-13-8-14-33(25)27(36)16-32-30(39)40-18-24-22-11-6-4-9-20(22)21-10-5-7-12-23(21)24/h4-7,9-12,19,24-26,35H,8,13-18H2,1-3H3,(H,32,39)/t19-,25+,26+/m1/s1. The maximum atomic E-state index is 13.5. The van der Waals surface area contributed by atoms with E-state index in [0.29, 0.717) is 19.4 Å². The number of benzene rings is 2. The Morgan fingerprint density at radius 3 is 2.22 bits per heavy atom. The lowest BCUT2D eigenvalue weighted by atomic mass is 9.98. The Kier molecular flexibility index (Phi) is 8.04. The molecule has 0 unspecified atom stereocenters. The molecule has 2 N–H and O–H groups in total. The summed E-state index contributed by atoms with van der Waals surface area (Å²) in [4.78, 5) is 54.6. The first-order chi connectivity index (χ1) is 19.5. The number of rotatable bonds is 6. The zero-order valence-corrected chi connectivity index (χ0v) is 23.7. The predicted octanol–water partition coefficient (Wildman–Crippen LogP) is 2.82. The van der Waals surface area contributed by atoms with Crippen LogP contribution in [0.25, 0.3) is 11.1 Å². The van der Waals surface area contributed by atoms with Crippen LogP contribution in [-0.2, 0) is 23.9 Å². The van der Waals surface area contributed by atoms with Crippen molar-refractivity contribution in [2.45, 2.75) is 69.7 Å². The van der Waals surface area contributed by atoms with E-state index in [9.17, 15) is 24.3 Å². The van der Waals surface area contributed by atoms with Gasteiger partial charge in [-0.05, 0) is 55.9 Å². The number of aliphatic hydroxyl groups excluding tert-OH is 1. The average Bonchev–Trinajstić information content (AvgIpc) is 3.65. The molecule has 2 aromatic rings. The van der Waals surface area contributed by atoms with Crippen molar-refractivity contribution < 1.29 is 33.8 Å². The van der Waals surface area contributed by atoms with Crippen molar-refractivity contribution in [2.24, 2.45) is 0 Å². The molecule has 3 amide bonds. The van der Waals surface area contributed by atoms with E-state index in [-0.39, 0.29) is 32.0 Å². The molecule has 10 nitrogen and oxygen atoms in total. The summed E-state index contributed by atoms with van der Waals surface area (Å²) in [5, 5.41) is 12.8. The highest BCUT2D eigenvalue weighted by molar-refractivity contribution is 5.93. The fourth-order valence-corrected chi connectivity index (χ4v) is 6.06. The fraction of sp³-hybridized carbons (Fsp3) is 0.484. The second kappa shape index (κ2) is 11.5. The molecule has 41 heavy (non-hydrogen) atoms. The van der Waals surface area contributed by atoms with Crippen molar-refractivity contribution in [1.29, 1.82) is 0 Å². The summed E-state index contributed by atoms with van der Waals surface area (Å²) in [6.07, 6.45) is -0.429. The lowest BCUT2D eigenvalue weighted by Gasteiger charge is -2.31. The molecule has 0 radical (unpaired) electrons. The summed E-state index contributed by atoms with van der Waals surface area (Å²) in [6, 6.07) is 14.4. The van der Waals surface area contributed by atoms with Crippen molar-refractivity contribution in [3.63, 3.8) is 0 Å². The number of aliphatic hydroxyl groups is 1. The van der Waals surface area contributed by atoms with Gasteiger partial charge in [0.15, 0.2) is 0 Å². The Bertz CT molecular complexity index is 1290. The average molecular weight is 564 g/mol. The fourth-order valence-electron chi connectivity index (χ4n) is 6.06. The molecule has 3 atom stereocenters. The molecule has 0 aromatic heterocycles. The van der Waals surface area contributed by atoms with Gasteiger partial charge in [0.1, 0.15) is 30.8 Å². The quantitative estimate of drug-likeness (QED) is 0.518. The summed E-state index contributed by atoms with van der Waals surface area (Å²) in [5.41, 5.74) is 3.69. The van der Waals surface area contributed by atoms with E-state index in [4.69, 9.17) is 9.47 Å². The molecule has 2 fully saturated rings. The van der Waals surface area contributed by atoms with Crippen LogP contribution in [0.1, 0.15) is 57.1 Å².